The molecule has 0 saturated heterocycles. The molecule has 0 fully saturated rings. The van der Waals surface area contributed by atoms with E-state index in [1.807, 2.05) is 6.07 Å². The zero-order valence-electron chi connectivity index (χ0n) is 8.67. The summed E-state index contributed by atoms with van der Waals surface area (Å²) in [7, 11) is 0. The Balaban J connectivity index is 3.03. The summed E-state index contributed by atoms with van der Waals surface area (Å²) < 4.78 is 0. The first-order valence-corrected chi connectivity index (χ1v) is 4.89. The van der Waals surface area contributed by atoms with Crippen LogP contribution < -0.4 is 0 Å². The first-order valence-electron chi connectivity index (χ1n) is 4.89. The minimum absolute atomic E-state index is 0.143. The van der Waals surface area contributed by atoms with Gasteiger partial charge in [-0.3, -0.25) is 0 Å². The summed E-state index contributed by atoms with van der Waals surface area (Å²) in [5.41, 5.74) is 3.71. The van der Waals surface area contributed by atoms with Crippen LogP contribution in [0.2, 0.25) is 0 Å². The smallest absolute Gasteiger partial charge is 0.0681 e. The molecule has 72 valence electrons. The molecule has 0 spiro atoms. The number of hydrogen-bond donors (Lipinski definition) is 1. The van der Waals surface area contributed by atoms with Gasteiger partial charge in [0.2, 0.25) is 0 Å². The van der Waals surface area contributed by atoms with E-state index in [1.165, 1.54) is 11.1 Å². The molecule has 0 heterocycles. The molecular weight excluding hydrogens is 160 g/mol. The standard InChI is InChI=1S/C12H18O/c1-4-9(2)12-7-11(8-13)6-5-10(12)3/h5-7,9,13H,4,8H2,1-3H3. The monoisotopic (exact) mass is 178 g/mol. The van der Waals surface area contributed by atoms with Gasteiger partial charge >= 0.3 is 0 Å². The second-order valence-corrected chi connectivity index (χ2v) is 3.66. The van der Waals surface area contributed by atoms with Gasteiger partial charge < -0.3 is 5.11 Å². The van der Waals surface area contributed by atoms with Crippen molar-refractivity contribution in [1.29, 1.82) is 0 Å². The van der Waals surface area contributed by atoms with Gasteiger partial charge in [0.1, 0.15) is 0 Å². The van der Waals surface area contributed by atoms with E-state index in [9.17, 15) is 0 Å². The lowest BCUT2D eigenvalue weighted by Crippen LogP contribution is -1.97. The van der Waals surface area contributed by atoms with Crippen LogP contribution in [-0.2, 0) is 6.61 Å². The molecule has 1 heteroatoms. The van der Waals surface area contributed by atoms with Crippen molar-refractivity contribution in [2.24, 2.45) is 0 Å². The molecule has 1 unspecified atom stereocenters. The Morgan fingerprint density at radius 2 is 2.08 bits per heavy atom. The highest BCUT2D eigenvalue weighted by Gasteiger charge is 2.06. The summed E-state index contributed by atoms with van der Waals surface area (Å²) in [4.78, 5) is 0. The number of aryl methyl sites for hydroxylation is 1. The quantitative estimate of drug-likeness (QED) is 0.754. The molecular formula is C12H18O. The largest absolute Gasteiger partial charge is 0.392 e. The summed E-state index contributed by atoms with van der Waals surface area (Å²) >= 11 is 0. The predicted molar refractivity (Wildman–Crippen MR) is 55.8 cm³/mol. The zero-order chi connectivity index (χ0) is 9.84. The first kappa shape index (κ1) is 10.3. The van der Waals surface area contributed by atoms with Crippen molar-refractivity contribution in [3.8, 4) is 0 Å². The van der Waals surface area contributed by atoms with Crippen LogP contribution in [-0.4, -0.2) is 5.11 Å². The van der Waals surface area contributed by atoms with Gasteiger partial charge in [0, 0.05) is 0 Å². The minimum atomic E-state index is 0.143. The Morgan fingerprint density at radius 1 is 1.38 bits per heavy atom. The maximum atomic E-state index is 9.01. The molecule has 0 bridgehead atoms. The van der Waals surface area contributed by atoms with E-state index in [0.717, 1.165) is 12.0 Å². The third-order valence-corrected chi connectivity index (χ3v) is 2.67. The fraction of sp³-hybridized carbons (Fsp3) is 0.500. The normalized spacial score (nSPS) is 12.9. The molecule has 1 rings (SSSR count). The van der Waals surface area contributed by atoms with Crippen molar-refractivity contribution in [2.75, 3.05) is 0 Å². The predicted octanol–water partition coefficient (Wildman–Crippen LogP) is 3.00. The minimum Gasteiger partial charge on any atom is -0.392 e. The van der Waals surface area contributed by atoms with Gasteiger partial charge in [0.05, 0.1) is 6.61 Å². The van der Waals surface area contributed by atoms with Gasteiger partial charge in [0.25, 0.3) is 0 Å². The van der Waals surface area contributed by atoms with Crippen molar-refractivity contribution in [2.45, 2.75) is 39.7 Å². The van der Waals surface area contributed by atoms with E-state index >= 15 is 0 Å². The Kier molecular flexibility index (Phi) is 3.49. The summed E-state index contributed by atoms with van der Waals surface area (Å²) in [6.45, 7) is 6.69. The number of aliphatic hydroxyl groups excluding tert-OH is 1. The van der Waals surface area contributed by atoms with Gasteiger partial charge in [-0.1, -0.05) is 32.0 Å². The SMILES string of the molecule is CCC(C)c1cc(CO)ccc1C. The molecule has 0 radical (unpaired) electrons. The van der Waals surface area contributed by atoms with Crippen LogP contribution in [0, 0.1) is 6.92 Å². The molecule has 0 aliphatic rings. The third-order valence-electron chi connectivity index (χ3n) is 2.67. The van der Waals surface area contributed by atoms with Crippen LogP contribution in [0.1, 0.15) is 42.9 Å². The van der Waals surface area contributed by atoms with Crippen LogP contribution in [0.3, 0.4) is 0 Å². The molecule has 0 aromatic heterocycles. The summed E-state index contributed by atoms with van der Waals surface area (Å²) in [6.07, 6.45) is 1.15. The van der Waals surface area contributed by atoms with Crippen molar-refractivity contribution in [1.82, 2.24) is 0 Å². The summed E-state index contributed by atoms with van der Waals surface area (Å²) in [6, 6.07) is 6.19. The van der Waals surface area contributed by atoms with Gasteiger partial charge in [0.15, 0.2) is 0 Å². The number of aliphatic hydroxyl groups is 1. The van der Waals surface area contributed by atoms with Crippen LogP contribution in [0.25, 0.3) is 0 Å². The first-order chi connectivity index (χ1) is 6.19. The Labute approximate surface area is 80.4 Å². The average Bonchev–Trinajstić information content (AvgIpc) is 2.17. The van der Waals surface area contributed by atoms with Gasteiger partial charge in [-0.15, -0.1) is 0 Å². The van der Waals surface area contributed by atoms with Gasteiger partial charge in [-0.25, -0.2) is 0 Å². The highest BCUT2D eigenvalue weighted by atomic mass is 16.3. The fourth-order valence-corrected chi connectivity index (χ4v) is 1.54. The number of benzene rings is 1. The van der Waals surface area contributed by atoms with E-state index in [2.05, 4.69) is 32.9 Å². The van der Waals surface area contributed by atoms with Crippen LogP contribution in [0.5, 0.6) is 0 Å². The maximum Gasteiger partial charge on any atom is 0.0681 e. The maximum absolute atomic E-state index is 9.01. The average molecular weight is 178 g/mol. The molecule has 13 heavy (non-hydrogen) atoms. The number of hydrogen-bond acceptors (Lipinski definition) is 1. The van der Waals surface area contributed by atoms with Crippen molar-refractivity contribution in [3.05, 3.63) is 34.9 Å². The van der Waals surface area contributed by atoms with E-state index in [0.29, 0.717) is 5.92 Å². The third kappa shape index (κ3) is 2.31. The summed E-state index contributed by atoms with van der Waals surface area (Å²) in [5.74, 6) is 0.589. The Morgan fingerprint density at radius 3 is 2.62 bits per heavy atom. The van der Waals surface area contributed by atoms with Crippen LogP contribution >= 0.6 is 0 Å². The van der Waals surface area contributed by atoms with Gasteiger partial charge in [-0.2, -0.15) is 0 Å². The highest BCUT2D eigenvalue weighted by molar-refractivity contribution is 5.33. The molecule has 1 nitrogen and oxygen atoms in total. The van der Waals surface area contributed by atoms with Crippen LogP contribution in [0.4, 0.5) is 0 Å². The number of rotatable bonds is 3. The molecule has 1 aromatic rings. The van der Waals surface area contributed by atoms with Crippen molar-refractivity contribution >= 4 is 0 Å². The molecule has 0 saturated carbocycles. The molecule has 1 aromatic carbocycles. The molecule has 1 atom stereocenters. The van der Waals surface area contributed by atoms with Crippen LogP contribution in [0.15, 0.2) is 18.2 Å². The van der Waals surface area contributed by atoms with E-state index in [-0.39, 0.29) is 6.61 Å². The Hall–Kier alpha value is -0.820. The lowest BCUT2D eigenvalue weighted by atomic mass is 9.93. The van der Waals surface area contributed by atoms with E-state index < -0.39 is 0 Å². The van der Waals surface area contributed by atoms with Gasteiger partial charge in [-0.05, 0) is 36.0 Å². The second-order valence-electron chi connectivity index (χ2n) is 3.66. The van der Waals surface area contributed by atoms with Crippen molar-refractivity contribution < 1.29 is 5.11 Å². The molecule has 1 N–H and O–H groups in total. The summed E-state index contributed by atoms with van der Waals surface area (Å²) in [5, 5.41) is 9.01. The molecule has 0 aliphatic heterocycles. The Bertz CT molecular complexity index is 278. The molecule has 0 aliphatic carbocycles. The van der Waals surface area contributed by atoms with E-state index in [1.54, 1.807) is 0 Å². The van der Waals surface area contributed by atoms with E-state index in [4.69, 9.17) is 5.11 Å². The highest BCUT2D eigenvalue weighted by Crippen LogP contribution is 2.23. The molecule has 0 amide bonds. The lowest BCUT2D eigenvalue weighted by Gasteiger charge is -2.13. The lowest BCUT2D eigenvalue weighted by molar-refractivity contribution is 0.281. The topological polar surface area (TPSA) is 20.2 Å². The van der Waals surface area contributed by atoms with Crippen molar-refractivity contribution in [3.63, 3.8) is 0 Å². The fourth-order valence-electron chi connectivity index (χ4n) is 1.54. The zero-order valence-corrected chi connectivity index (χ0v) is 8.67. The second kappa shape index (κ2) is 4.43.